The number of hydrogen-bond acceptors (Lipinski definition) is 5. The SMILES string of the molecule is CCN1C(=O)C(Nc2ccc(OC(F)(F)F)cc2)=C(c2ccc(NC(C)=O)cc2)C1=O. The van der Waals surface area contributed by atoms with Crippen LogP contribution in [0.4, 0.5) is 24.5 Å². The molecule has 1 heterocycles. The second kappa shape index (κ2) is 8.50. The molecule has 1 aliphatic rings. The zero-order valence-corrected chi connectivity index (χ0v) is 16.5. The van der Waals surface area contributed by atoms with Gasteiger partial charge in [-0.15, -0.1) is 13.2 Å². The predicted molar refractivity (Wildman–Crippen MR) is 107 cm³/mol. The van der Waals surface area contributed by atoms with Crippen molar-refractivity contribution in [2.24, 2.45) is 0 Å². The van der Waals surface area contributed by atoms with Gasteiger partial charge in [0.1, 0.15) is 11.4 Å². The number of alkyl halides is 3. The van der Waals surface area contributed by atoms with E-state index >= 15 is 0 Å². The lowest BCUT2D eigenvalue weighted by Crippen LogP contribution is -2.32. The van der Waals surface area contributed by atoms with Gasteiger partial charge in [-0.25, -0.2) is 0 Å². The Balaban J connectivity index is 1.93. The van der Waals surface area contributed by atoms with Crippen molar-refractivity contribution in [2.45, 2.75) is 20.2 Å². The van der Waals surface area contributed by atoms with Crippen molar-refractivity contribution in [2.75, 3.05) is 17.2 Å². The van der Waals surface area contributed by atoms with E-state index in [1.807, 2.05) is 0 Å². The van der Waals surface area contributed by atoms with E-state index < -0.39 is 23.9 Å². The molecule has 2 N–H and O–H groups in total. The number of nitrogens with one attached hydrogen (secondary N) is 2. The molecule has 2 aromatic rings. The number of amides is 3. The molecule has 10 heteroatoms. The van der Waals surface area contributed by atoms with E-state index in [0.29, 0.717) is 16.9 Å². The minimum atomic E-state index is -4.82. The van der Waals surface area contributed by atoms with Crippen LogP contribution in [0, 0.1) is 0 Å². The lowest BCUT2D eigenvalue weighted by molar-refractivity contribution is -0.274. The van der Waals surface area contributed by atoms with E-state index in [4.69, 9.17) is 0 Å². The molecule has 3 rings (SSSR count). The second-order valence-corrected chi connectivity index (χ2v) is 6.56. The summed E-state index contributed by atoms with van der Waals surface area (Å²) in [6, 6.07) is 11.2. The summed E-state index contributed by atoms with van der Waals surface area (Å²) < 4.78 is 40.8. The summed E-state index contributed by atoms with van der Waals surface area (Å²) >= 11 is 0. The number of carbonyl (C=O) groups is 3. The first-order valence-corrected chi connectivity index (χ1v) is 9.20. The standard InChI is InChI=1S/C21H18F3N3O4/c1-3-27-19(29)17(13-4-6-14(7-5-13)25-12(2)28)18(20(27)30)26-15-8-10-16(11-9-15)31-21(22,23)24/h4-11,26H,3H2,1-2H3,(H,25,28). The summed E-state index contributed by atoms with van der Waals surface area (Å²) in [4.78, 5) is 37.8. The average molecular weight is 433 g/mol. The second-order valence-electron chi connectivity index (χ2n) is 6.56. The van der Waals surface area contributed by atoms with Gasteiger partial charge in [-0.05, 0) is 48.9 Å². The van der Waals surface area contributed by atoms with Crippen LogP contribution in [0.2, 0.25) is 0 Å². The number of likely N-dealkylation sites (N-methyl/N-ethyl adjacent to an activating group) is 1. The summed E-state index contributed by atoms with van der Waals surface area (Å²) in [6.45, 7) is 3.16. The molecule has 31 heavy (non-hydrogen) atoms. The first kappa shape index (κ1) is 21.9. The third-order valence-electron chi connectivity index (χ3n) is 4.34. The van der Waals surface area contributed by atoms with Crippen molar-refractivity contribution in [3.63, 3.8) is 0 Å². The highest BCUT2D eigenvalue weighted by molar-refractivity contribution is 6.36. The number of anilines is 2. The van der Waals surface area contributed by atoms with Gasteiger partial charge in [-0.3, -0.25) is 19.3 Å². The fourth-order valence-electron chi connectivity index (χ4n) is 3.05. The highest BCUT2D eigenvalue weighted by Gasteiger charge is 2.38. The van der Waals surface area contributed by atoms with E-state index in [-0.39, 0.29) is 23.7 Å². The van der Waals surface area contributed by atoms with E-state index in [9.17, 15) is 27.6 Å². The number of benzene rings is 2. The van der Waals surface area contributed by atoms with Crippen molar-refractivity contribution in [3.8, 4) is 5.75 Å². The van der Waals surface area contributed by atoms with Gasteiger partial charge in [0.2, 0.25) is 5.91 Å². The van der Waals surface area contributed by atoms with Crippen LogP contribution in [0.5, 0.6) is 5.75 Å². The minimum absolute atomic E-state index is 0.00335. The summed E-state index contributed by atoms with van der Waals surface area (Å²) in [6.07, 6.45) is -4.82. The Morgan fingerprint density at radius 3 is 2.06 bits per heavy atom. The zero-order chi connectivity index (χ0) is 22.8. The highest BCUT2D eigenvalue weighted by atomic mass is 19.4. The summed E-state index contributed by atoms with van der Waals surface area (Å²) in [5, 5.41) is 5.44. The van der Waals surface area contributed by atoms with Crippen molar-refractivity contribution < 1.29 is 32.3 Å². The largest absolute Gasteiger partial charge is 0.573 e. The van der Waals surface area contributed by atoms with Gasteiger partial charge < -0.3 is 15.4 Å². The van der Waals surface area contributed by atoms with Gasteiger partial charge in [-0.1, -0.05) is 12.1 Å². The van der Waals surface area contributed by atoms with Crippen LogP contribution in [-0.2, 0) is 14.4 Å². The maximum atomic E-state index is 12.8. The van der Waals surface area contributed by atoms with Gasteiger partial charge >= 0.3 is 6.36 Å². The Morgan fingerprint density at radius 2 is 1.55 bits per heavy atom. The molecule has 0 radical (unpaired) electrons. The number of halogens is 3. The Hall–Kier alpha value is -3.82. The van der Waals surface area contributed by atoms with Crippen LogP contribution in [0.1, 0.15) is 19.4 Å². The Bertz CT molecular complexity index is 1050. The Morgan fingerprint density at radius 1 is 0.968 bits per heavy atom. The van der Waals surface area contributed by atoms with Crippen LogP contribution in [0.25, 0.3) is 5.57 Å². The molecule has 0 bridgehead atoms. The number of imide groups is 1. The quantitative estimate of drug-likeness (QED) is 0.678. The molecule has 7 nitrogen and oxygen atoms in total. The molecule has 3 amide bonds. The fourth-order valence-corrected chi connectivity index (χ4v) is 3.05. The van der Waals surface area contributed by atoms with Crippen LogP contribution < -0.4 is 15.4 Å². The van der Waals surface area contributed by atoms with Crippen LogP contribution >= 0.6 is 0 Å². The molecule has 2 aromatic carbocycles. The molecular formula is C21H18F3N3O4. The number of ether oxygens (including phenoxy) is 1. The first-order chi connectivity index (χ1) is 14.6. The highest BCUT2D eigenvalue weighted by Crippen LogP contribution is 2.32. The Labute approximate surface area is 175 Å². The summed E-state index contributed by atoms with van der Waals surface area (Å²) in [5.41, 5.74) is 1.40. The monoisotopic (exact) mass is 433 g/mol. The molecule has 1 aliphatic heterocycles. The molecule has 0 fully saturated rings. The maximum Gasteiger partial charge on any atom is 0.573 e. The molecule has 0 saturated carbocycles. The van der Waals surface area contributed by atoms with Gasteiger partial charge in [-0.2, -0.15) is 0 Å². The van der Waals surface area contributed by atoms with Crippen molar-refractivity contribution in [1.82, 2.24) is 4.90 Å². The third-order valence-corrected chi connectivity index (χ3v) is 4.34. The first-order valence-electron chi connectivity index (χ1n) is 9.20. The van der Waals surface area contributed by atoms with Crippen molar-refractivity contribution in [3.05, 3.63) is 59.8 Å². The van der Waals surface area contributed by atoms with E-state index in [2.05, 4.69) is 15.4 Å². The minimum Gasteiger partial charge on any atom is -0.406 e. The Kier molecular flexibility index (Phi) is 6.00. The third kappa shape index (κ3) is 5.03. The van der Waals surface area contributed by atoms with E-state index in [1.165, 1.54) is 19.1 Å². The molecule has 0 aromatic heterocycles. The molecule has 0 saturated heterocycles. The number of rotatable bonds is 6. The van der Waals surface area contributed by atoms with Gasteiger partial charge in [0.05, 0.1) is 5.57 Å². The molecular weight excluding hydrogens is 415 g/mol. The van der Waals surface area contributed by atoms with E-state index in [0.717, 1.165) is 17.0 Å². The molecule has 0 aliphatic carbocycles. The lowest BCUT2D eigenvalue weighted by Gasteiger charge is -2.12. The average Bonchev–Trinajstić information content (AvgIpc) is 2.92. The van der Waals surface area contributed by atoms with Crippen molar-refractivity contribution in [1.29, 1.82) is 0 Å². The predicted octanol–water partition coefficient (Wildman–Crippen LogP) is 3.76. The summed E-state index contributed by atoms with van der Waals surface area (Å²) in [7, 11) is 0. The topological polar surface area (TPSA) is 87.7 Å². The van der Waals surface area contributed by atoms with Crippen molar-refractivity contribution >= 4 is 34.7 Å². The number of nitrogens with zero attached hydrogens (tertiary/aromatic N) is 1. The van der Waals surface area contributed by atoms with Gasteiger partial charge in [0.15, 0.2) is 0 Å². The summed E-state index contributed by atoms with van der Waals surface area (Å²) in [5.74, 6) is -1.72. The normalized spacial score (nSPS) is 14.2. The van der Waals surface area contributed by atoms with Gasteiger partial charge in [0, 0.05) is 24.8 Å². The number of carbonyl (C=O) groups excluding carboxylic acids is 3. The van der Waals surface area contributed by atoms with E-state index in [1.54, 1.807) is 31.2 Å². The fraction of sp³-hybridized carbons (Fsp3) is 0.190. The molecule has 162 valence electrons. The lowest BCUT2D eigenvalue weighted by atomic mass is 10.0. The maximum absolute atomic E-state index is 12.8. The molecule has 0 unspecified atom stereocenters. The molecule has 0 atom stereocenters. The zero-order valence-electron chi connectivity index (χ0n) is 16.5. The smallest absolute Gasteiger partial charge is 0.406 e. The van der Waals surface area contributed by atoms with Crippen LogP contribution in [0.15, 0.2) is 54.2 Å². The number of hydrogen-bond donors (Lipinski definition) is 2. The van der Waals surface area contributed by atoms with Gasteiger partial charge in [0.25, 0.3) is 11.8 Å². The molecule has 0 spiro atoms. The van der Waals surface area contributed by atoms with Crippen LogP contribution in [0.3, 0.4) is 0 Å². The van der Waals surface area contributed by atoms with Crippen LogP contribution in [-0.4, -0.2) is 35.5 Å².